The molecule has 10 heteroatoms. The van der Waals surface area contributed by atoms with Crippen molar-refractivity contribution in [2.75, 3.05) is 31.9 Å². The normalized spacial score (nSPS) is 11.2. The van der Waals surface area contributed by atoms with Crippen molar-refractivity contribution in [3.05, 3.63) is 52.1 Å². The molecule has 29 heavy (non-hydrogen) atoms. The van der Waals surface area contributed by atoms with E-state index in [9.17, 15) is 19.7 Å². The Hall–Kier alpha value is -3.82. The van der Waals surface area contributed by atoms with Crippen LogP contribution >= 0.6 is 0 Å². The Balaban J connectivity index is 2.08. The van der Waals surface area contributed by atoms with Crippen LogP contribution in [-0.2, 0) is 9.53 Å². The van der Waals surface area contributed by atoms with E-state index in [-0.39, 0.29) is 16.9 Å². The minimum Gasteiger partial charge on any atom is -0.493 e. The fourth-order valence-corrected chi connectivity index (χ4v) is 2.46. The Kier molecular flexibility index (Phi) is 6.96. The lowest BCUT2D eigenvalue weighted by Gasteiger charge is -2.15. The summed E-state index contributed by atoms with van der Waals surface area (Å²) >= 11 is 0. The van der Waals surface area contributed by atoms with Crippen LogP contribution in [0.5, 0.6) is 11.5 Å². The molecule has 1 amide bonds. The van der Waals surface area contributed by atoms with E-state index >= 15 is 0 Å². The van der Waals surface area contributed by atoms with E-state index in [0.29, 0.717) is 17.2 Å². The van der Waals surface area contributed by atoms with E-state index < -0.39 is 22.9 Å². The van der Waals surface area contributed by atoms with Crippen LogP contribution in [0.25, 0.3) is 0 Å². The molecule has 2 rings (SSSR count). The van der Waals surface area contributed by atoms with Gasteiger partial charge in [0.05, 0.1) is 24.7 Å². The first kappa shape index (κ1) is 21.5. The smallest absolute Gasteiger partial charge is 0.339 e. The molecule has 2 aromatic carbocycles. The second-order valence-electron chi connectivity index (χ2n) is 5.85. The van der Waals surface area contributed by atoms with E-state index in [1.54, 1.807) is 18.2 Å². The predicted octanol–water partition coefficient (Wildman–Crippen LogP) is 2.84. The summed E-state index contributed by atoms with van der Waals surface area (Å²) in [6.45, 7) is 1.39. The van der Waals surface area contributed by atoms with Crippen molar-refractivity contribution in [2.24, 2.45) is 0 Å². The summed E-state index contributed by atoms with van der Waals surface area (Å²) in [5.41, 5.74) is 0.362. The number of anilines is 2. The molecule has 0 bridgehead atoms. The van der Waals surface area contributed by atoms with Gasteiger partial charge in [0.1, 0.15) is 5.69 Å². The fraction of sp³-hybridized carbons (Fsp3) is 0.263. The summed E-state index contributed by atoms with van der Waals surface area (Å²) in [4.78, 5) is 35.1. The maximum atomic E-state index is 12.3. The number of nitro benzene ring substituents is 1. The van der Waals surface area contributed by atoms with Gasteiger partial charge in [0, 0.05) is 24.9 Å². The monoisotopic (exact) mass is 403 g/mol. The molecule has 0 aliphatic rings. The van der Waals surface area contributed by atoms with Gasteiger partial charge in [-0.2, -0.15) is 0 Å². The topological polar surface area (TPSA) is 129 Å². The number of hydrogen-bond donors (Lipinski definition) is 2. The Labute approximate surface area is 166 Å². The largest absolute Gasteiger partial charge is 0.493 e. The molecule has 10 nitrogen and oxygen atoms in total. The number of rotatable bonds is 8. The molecular formula is C19H21N3O7. The third kappa shape index (κ3) is 5.12. The van der Waals surface area contributed by atoms with E-state index in [2.05, 4.69) is 10.6 Å². The summed E-state index contributed by atoms with van der Waals surface area (Å²) < 4.78 is 15.4. The first-order valence-electron chi connectivity index (χ1n) is 8.50. The second-order valence-corrected chi connectivity index (χ2v) is 5.85. The van der Waals surface area contributed by atoms with Gasteiger partial charge in [-0.3, -0.25) is 14.9 Å². The lowest BCUT2D eigenvalue weighted by molar-refractivity contribution is -0.384. The molecule has 0 aromatic heterocycles. The molecule has 0 radical (unpaired) electrons. The predicted molar refractivity (Wildman–Crippen MR) is 106 cm³/mol. The number of nitrogens with one attached hydrogen (secondary N) is 2. The van der Waals surface area contributed by atoms with Crippen LogP contribution < -0.4 is 20.1 Å². The zero-order valence-corrected chi connectivity index (χ0v) is 16.3. The quantitative estimate of drug-likeness (QED) is 0.391. The number of nitrogens with zero attached hydrogens (tertiary/aromatic N) is 1. The minimum atomic E-state index is -1.14. The van der Waals surface area contributed by atoms with Crippen LogP contribution in [-0.4, -0.2) is 44.2 Å². The van der Waals surface area contributed by atoms with Gasteiger partial charge < -0.3 is 24.8 Å². The SMILES string of the molecule is CNc1ccc(C(=O)O[C@H](C)C(=O)Nc2ccc(OC)c(OC)c2)cc1[N+](=O)[O-]. The van der Waals surface area contributed by atoms with Crippen molar-refractivity contribution < 1.29 is 28.7 Å². The van der Waals surface area contributed by atoms with Gasteiger partial charge in [0.25, 0.3) is 11.6 Å². The van der Waals surface area contributed by atoms with Crippen molar-refractivity contribution in [3.63, 3.8) is 0 Å². The maximum Gasteiger partial charge on any atom is 0.339 e. The highest BCUT2D eigenvalue weighted by Gasteiger charge is 2.22. The molecule has 2 N–H and O–H groups in total. The fourth-order valence-electron chi connectivity index (χ4n) is 2.46. The van der Waals surface area contributed by atoms with Gasteiger partial charge in [0.15, 0.2) is 17.6 Å². The summed E-state index contributed by atoms with van der Waals surface area (Å²) in [6.07, 6.45) is -1.14. The minimum absolute atomic E-state index is 0.0403. The molecule has 2 aromatic rings. The standard InChI is InChI=1S/C19H21N3O7/c1-11(18(23)21-13-6-8-16(27-3)17(10-13)28-4)29-19(24)12-5-7-14(20-2)15(9-12)22(25)26/h5-11,20H,1-4H3,(H,21,23)/t11-/m1/s1. The van der Waals surface area contributed by atoms with E-state index in [0.717, 1.165) is 6.07 Å². The van der Waals surface area contributed by atoms with Gasteiger partial charge in [-0.15, -0.1) is 0 Å². The average molecular weight is 403 g/mol. The Morgan fingerprint density at radius 3 is 2.34 bits per heavy atom. The number of methoxy groups -OCH3 is 2. The van der Waals surface area contributed by atoms with Crippen LogP contribution in [0.15, 0.2) is 36.4 Å². The van der Waals surface area contributed by atoms with Crippen molar-refractivity contribution >= 4 is 28.9 Å². The van der Waals surface area contributed by atoms with Crippen LogP contribution in [0.1, 0.15) is 17.3 Å². The molecule has 0 aliphatic carbocycles. The van der Waals surface area contributed by atoms with Gasteiger partial charge in [-0.05, 0) is 31.2 Å². The molecule has 0 heterocycles. The van der Waals surface area contributed by atoms with Crippen molar-refractivity contribution in [1.82, 2.24) is 0 Å². The van der Waals surface area contributed by atoms with Gasteiger partial charge >= 0.3 is 5.97 Å². The van der Waals surface area contributed by atoms with Crippen LogP contribution in [0, 0.1) is 10.1 Å². The van der Waals surface area contributed by atoms with Crippen molar-refractivity contribution in [2.45, 2.75) is 13.0 Å². The zero-order valence-electron chi connectivity index (χ0n) is 16.3. The molecule has 154 valence electrons. The van der Waals surface area contributed by atoms with Gasteiger partial charge in [-0.25, -0.2) is 4.79 Å². The Morgan fingerprint density at radius 2 is 1.76 bits per heavy atom. The van der Waals surface area contributed by atoms with Crippen molar-refractivity contribution in [1.29, 1.82) is 0 Å². The van der Waals surface area contributed by atoms with E-state index in [1.807, 2.05) is 0 Å². The molecule has 0 saturated heterocycles. The molecular weight excluding hydrogens is 382 g/mol. The number of carbonyl (C=O) groups is 2. The Morgan fingerprint density at radius 1 is 1.07 bits per heavy atom. The van der Waals surface area contributed by atoms with Crippen LogP contribution in [0.4, 0.5) is 17.1 Å². The zero-order chi connectivity index (χ0) is 21.6. The summed E-state index contributed by atoms with van der Waals surface area (Å²) in [6, 6.07) is 8.64. The summed E-state index contributed by atoms with van der Waals surface area (Å²) in [5, 5.41) is 16.4. The lowest BCUT2D eigenvalue weighted by Crippen LogP contribution is -2.30. The van der Waals surface area contributed by atoms with Gasteiger partial charge in [0.2, 0.25) is 0 Å². The molecule has 0 unspecified atom stereocenters. The van der Waals surface area contributed by atoms with Gasteiger partial charge in [-0.1, -0.05) is 0 Å². The first-order valence-corrected chi connectivity index (χ1v) is 8.50. The van der Waals surface area contributed by atoms with Crippen molar-refractivity contribution in [3.8, 4) is 11.5 Å². The molecule has 0 saturated carbocycles. The average Bonchev–Trinajstić information content (AvgIpc) is 2.72. The molecule has 0 spiro atoms. The number of nitro groups is 1. The number of ether oxygens (including phenoxy) is 3. The summed E-state index contributed by atoms with van der Waals surface area (Å²) in [5.74, 6) is -0.513. The van der Waals surface area contributed by atoms with Crippen LogP contribution in [0.2, 0.25) is 0 Å². The highest BCUT2D eigenvalue weighted by molar-refractivity contribution is 5.98. The molecule has 0 aliphatic heterocycles. The first-order chi connectivity index (χ1) is 13.8. The maximum absolute atomic E-state index is 12.3. The van der Waals surface area contributed by atoms with Crippen LogP contribution in [0.3, 0.4) is 0 Å². The number of benzene rings is 2. The lowest BCUT2D eigenvalue weighted by atomic mass is 10.1. The number of hydrogen-bond acceptors (Lipinski definition) is 8. The number of esters is 1. The van der Waals surface area contributed by atoms with E-state index in [1.165, 1.54) is 40.3 Å². The highest BCUT2D eigenvalue weighted by atomic mass is 16.6. The molecule has 0 fully saturated rings. The third-order valence-electron chi connectivity index (χ3n) is 4.00. The third-order valence-corrected chi connectivity index (χ3v) is 4.00. The number of amides is 1. The molecule has 1 atom stereocenters. The Bertz CT molecular complexity index is 930. The highest BCUT2D eigenvalue weighted by Crippen LogP contribution is 2.30. The summed E-state index contributed by atoms with van der Waals surface area (Å²) in [7, 11) is 4.48. The van der Waals surface area contributed by atoms with E-state index in [4.69, 9.17) is 14.2 Å². The number of carbonyl (C=O) groups excluding carboxylic acids is 2. The second kappa shape index (κ2) is 9.40.